The van der Waals surface area contributed by atoms with E-state index in [1.807, 2.05) is 0 Å². The van der Waals surface area contributed by atoms with E-state index in [2.05, 4.69) is 21.9 Å². The molecule has 0 saturated carbocycles. The summed E-state index contributed by atoms with van der Waals surface area (Å²) in [4.78, 5) is 26.3. The summed E-state index contributed by atoms with van der Waals surface area (Å²) in [6.07, 6.45) is 6.26. The zero-order chi connectivity index (χ0) is 16.6. The first kappa shape index (κ1) is 15.5. The minimum atomic E-state index is -1.96. The van der Waals surface area contributed by atoms with E-state index < -0.39 is 23.7 Å². The van der Waals surface area contributed by atoms with Crippen LogP contribution >= 0.6 is 15.9 Å². The Morgan fingerprint density at radius 1 is 1.43 bits per heavy atom. The van der Waals surface area contributed by atoms with Crippen LogP contribution in [0.3, 0.4) is 0 Å². The van der Waals surface area contributed by atoms with Crippen molar-refractivity contribution < 1.29 is 19.1 Å². The van der Waals surface area contributed by atoms with Gasteiger partial charge in [0.25, 0.3) is 5.91 Å². The second-order valence-electron chi connectivity index (χ2n) is 5.19. The van der Waals surface area contributed by atoms with Crippen LogP contribution in [0.5, 0.6) is 0 Å². The third-order valence-corrected chi connectivity index (χ3v) is 4.25. The fourth-order valence-corrected chi connectivity index (χ4v) is 3.06. The van der Waals surface area contributed by atoms with Gasteiger partial charge in [-0.25, -0.2) is 0 Å². The topological polar surface area (TPSA) is 70.8 Å². The van der Waals surface area contributed by atoms with Crippen molar-refractivity contribution in [3.63, 3.8) is 0 Å². The number of nitrogens with zero attached hydrogens (tertiary/aromatic N) is 1. The third-order valence-electron chi connectivity index (χ3n) is 3.76. The van der Waals surface area contributed by atoms with Gasteiger partial charge in [-0.2, -0.15) is 0 Å². The first-order valence-electron chi connectivity index (χ1n) is 6.82. The number of hydrogen-bond donors (Lipinski definition) is 1. The lowest BCUT2D eigenvalue weighted by molar-refractivity contribution is -0.135. The van der Waals surface area contributed by atoms with Gasteiger partial charge in [0.1, 0.15) is 0 Å². The molecule has 0 spiro atoms. The number of benzene rings is 1. The van der Waals surface area contributed by atoms with Crippen LogP contribution in [-0.2, 0) is 10.4 Å². The molecular formula is C17H12BrNO4. The van der Waals surface area contributed by atoms with Gasteiger partial charge in [0, 0.05) is 10.0 Å². The Morgan fingerprint density at radius 2 is 2.22 bits per heavy atom. The van der Waals surface area contributed by atoms with Crippen molar-refractivity contribution in [2.75, 3.05) is 11.4 Å². The Labute approximate surface area is 141 Å². The Kier molecular flexibility index (Phi) is 3.84. The molecule has 1 N–H and O–H groups in total. The highest BCUT2D eigenvalue weighted by atomic mass is 79.9. The fourth-order valence-electron chi connectivity index (χ4n) is 2.70. The number of amides is 1. The van der Waals surface area contributed by atoms with Crippen molar-refractivity contribution in [2.24, 2.45) is 0 Å². The minimum absolute atomic E-state index is 0.0186. The van der Waals surface area contributed by atoms with Crippen LogP contribution in [-0.4, -0.2) is 23.3 Å². The van der Waals surface area contributed by atoms with Crippen LogP contribution in [0.2, 0.25) is 0 Å². The molecule has 0 saturated heterocycles. The SMILES string of the molecule is C#CCN1C(=O)C(O)(CC(=O)c2ccco2)c2cc(Br)ccc21. The van der Waals surface area contributed by atoms with E-state index in [1.165, 1.54) is 17.2 Å². The molecular weight excluding hydrogens is 362 g/mol. The number of halogens is 1. The molecule has 1 aromatic heterocycles. The van der Waals surface area contributed by atoms with Crippen LogP contribution in [0, 0.1) is 12.3 Å². The van der Waals surface area contributed by atoms with Crippen molar-refractivity contribution in [3.05, 3.63) is 52.4 Å². The lowest BCUT2D eigenvalue weighted by Crippen LogP contribution is -2.42. The molecule has 5 nitrogen and oxygen atoms in total. The molecule has 0 fully saturated rings. The molecule has 1 aromatic carbocycles. The number of Topliss-reactive ketones (excluding diaryl/α,β-unsaturated/α-hetero) is 1. The first-order chi connectivity index (χ1) is 11.0. The van der Waals surface area contributed by atoms with Crippen molar-refractivity contribution in [1.29, 1.82) is 0 Å². The van der Waals surface area contributed by atoms with Crippen LogP contribution in [0.25, 0.3) is 0 Å². The van der Waals surface area contributed by atoms with Gasteiger partial charge < -0.3 is 9.52 Å². The molecule has 0 bridgehead atoms. The van der Waals surface area contributed by atoms with Gasteiger partial charge in [0.2, 0.25) is 5.78 Å². The number of aliphatic hydroxyl groups is 1. The van der Waals surface area contributed by atoms with E-state index in [0.717, 1.165) is 0 Å². The summed E-state index contributed by atoms with van der Waals surface area (Å²) in [5.41, 5.74) is -1.10. The predicted molar refractivity (Wildman–Crippen MR) is 86.9 cm³/mol. The molecule has 2 heterocycles. The van der Waals surface area contributed by atoms with Gasteiger partial charge >= 0.3 is 0 Å². The quantitative estimate of drug-likeness (QED) is 0.660. The van der Waals surface area contributed by atoms with Gasteiger partial charge in [-0.1, -0.05) is 21.9 Å². The number of carbonyl (C=O) groups excluding carboxylic acids is 2. The molecule has 116 valence electrons. The van der Waals surface area contributed by atoms with Gasteiger partial charge in [-0.15, -0.1) is 6.42 Å². The molecule has 23 heavy (non-hydrogen) atoms. The van der Waals surface area contributed by atoms with E-state index in [-0.39, 0.29) is 12.3 Å². The number of furan rings is 1. The summed E-state index contributed by atoms with van der Waals surface area (Å²) in [6, 6.07) is 8.12. The molecule has 1 atom stereocenters. The minimum Gasteiger partial charge on any atom is -0.461 e. The smallest absolute Gasteiger partial charge is 0.265 e. The summed E-state index contributed by atoms with van der Waals surface area (Å²) in [5, 5.41) is 11.0. The lowest BCUT2D eigenvalue weighted by Gasteiger charge is -2.21. The average molecular weight is 374 g/mol. The van der Waals surface area contributed by atoms with E-state index in [1.54, 1.807) is 24.3 Å². The molecule has 1 amide bonds. The highest BCUT2D eigenvalue weighted by Gasteiger charge is 2.51. The fraction of sp³-hybridized carbons (Fsp3) is 0.176. The van der Waals surface area contributed by atoms with E-state index in [0.29, 0.717) is 15.7 Å². The van der Waals surface area contributed by atoms with Gasteiger partial charge in [0.15, 0.2) is 11.4 Å². The highest BCUT2D eigenvalue weighted by Crippen LogP contribution is 2.43. The number of rotatable bonds is 4. The molecule has 1 unspecified atom stereocenters. The van der Waals surface area contributed by atoms with Crippen molar-refractivity contribution in [2.45, 2.75) is 12.0 Å². The lowest BCUT2D eigenvalue weighted by atomic mass is 9.89. The normalized spacial score (nSPS) is 19.5. The van der Waals surface area contributed by atoms with E-state index in [9.17, 15) is 14.7 Å². The zero-order valence-corrected chi connectivity index (χ0v) is 13.5. The third kappa shape index (κ3) is 2.48. The predicted octanol–water partition coefficient (Wildman–Crippen LogP) is 2.48. The van der Waals surface area contributed by atoms with Gasteiger partial charge in [-0.3, -0.25) is 14.5 Å². The summed E-state index contributed by atoms with van der Waals surface area (Å²) >= 11 is 3.32. The van der Waals surface area contributed by atoms with Crippen molar-refractivity contribution in [1.82, 2.24) is 0 Å². The Bertz CT molecular complexity index is 822. The summed E-state index contributed by atoms with van der Waals surface area (Å²) in [7, 11) is 0. The number of terminal acetylenes is 1. The maximum absolute atomic E-state index is 12.7. The monoisotopic (exact) mass is 373 g/mol. The summed E-state index contributed by atoms with van der Waals surface area (Å²) in [5.74, 6) is 1.42. The zero-order valence-electron chi connectivity index (χ0n) is 12.0. The molecule has 3 rings (SSSR count). The van der Waals surface area contributed by atoms with Gasteiger partial charge in [0.05, 0.1) is 24.9 Å². The second-order valence-corrected chi connectivity index (χ2v) is 6.11. The Hall–Kier alpha value is -2.36. The number of fused-ring (bicyclic) bond motifs is 1. The molecule has 0 radical (unpaired) electrons. The number of anilines is 1. The van der Waals surface area contributed by atoms with Crippen molar-refractivity contribution >= 4 is 33.3 Å². The van der Waals surface area contributed by atoms with Crippen LogP contribution in [0.15, 0.2) is 45.5 Å². The molecule has 6 heteroatoms. The first-order valence-corrected chi connectivity index (χ1v) is 7.61. The number of hydrogen-bond acceptors (Lipinski definition) is 4. The van der Waals surface area contributed by atoms with Crippen LogP contribution in [0.1, 0.15) is 22.5 Å². The highest BCUT2D eigenvalue weighted by molar-refractivity contribution is 9.10. The van der Waals surface area contributed by atoms with E-state index >= 15 is 0 Å². The summed E-state index contributed by atoms with van der Waals surface area (Å²) < 4.78 is 5.73. The van der Waals surface area contributed by atoms with Gasteiger partial charge in [-0.05, 0) is 30.3 Å². The summed E-state index contributed by atoms with van der Waals surface area (Å²) in [6.45, 7) is 0.0186. The number of ketones is 1. The maximum Gasteiger partial charge on any atom is 0.265 e. The van der Waals surface area contributed by atoms with Crippen molar-refractivity contribution in [3.8, 4) is 12.3 Å². The molecule has 1 aliphatic rings. The molecule has 2 aromatic rings. The van der Waals surface area contributed by atoms with E-state index in [4.69, 9.17) is 10.8 Å². The second kappa shape index (κ2) is 5.69. The Balaban J connectivity index is 2.04. The molecule has 1 aliphatic heterocycles. The molecule has 0 aliphatic carbocycles. The van der Waals surface area contributed by atoms with Crippen LogP contribution < -0.4 is 4.90 Å². The van der Waals surface area contributed by atoms with Crippen LogP contribution in [0.4, 0.5) is 5.69 Å². The number of carbonyl (C=O) groups is 2. The average Bonchev–Trinajstić information content (AvgIpc) is 3.11. The standard InChI is InChI=1S/C17H12BrNO4/c1-2-7-19-13-6-5-11(18)9-12(13)17(22,16(19)21)10-14(20)15-4-3-8-23-15/h1,3-6,8-9,22H,7,10H2. The maximum atomic E-state index is 12.7. The largest absolute Gasteiger partial charge is 0.461 e. The Morgan fingerprint density at radius 3 is 2.87 bits per heavy atom.